The number of ether oxygens (including phenoxy) is 2. The molecule has 1 aromatic carbocycles. The number of carbonyl (C=O) groups is 2. The molecule has 1 N–H and O–H groups in total. The normalized spacial score (nSPS) is 12.8. The molecule has 0 aliphatic rings. The van der Waals surface area contributed by atoms with Crippen LogP contribution in [0.4, 0.5) is 23.7 Å². The average molecular weight is 427 g/mol. The van der Waals surface area contributed by atoms with E-state index in [2.05, 4.69) is 10.1 Å². The third kappa shape index (κ3) is 7.99. The highest BCUT2D eigenvalue weighted by Gasteiger charge is 2.34. The van der Waals surface area contributed by atoms with Gasteiger partial charge in [0.25, 0.3) is 5.69 Å². The predicted octanol–water partition coefficient (Wildman–Crippen LogP) is 3.79. The molecule has 156 valence electrons. The van der Waals surface area contributed by atoms with Crippen LogP contribution in [-0.2, 0) is 20.7 Å². The third-order valence-electron chi connectivity index (χ3n) is 3.03. The molecule has 0 bridgehead atoms. The number of alkyl halides is 3. The lowest BCUT2D eigenvalue weighted by atomic mass is 10.0. The first-order valence-electron chi connectivity index (χ1n) is 7.84. The Morgan fingerprint density at radius 2 is 1.89 bits per heavy atom. The second kappa shape index (κ2) is 9.09. The molecule has 0 aliphatic heterocycles. The van der Waals surface area contributed by atoms with Gasteiger partial charge in [0, 0.05) is 12.0 Å². The van der Waals surface area contributed by atoms with Crippen molar-refractivity contribution in [3.63, 3.8) is 0 Å². The number of alkyl carbamates (subject to hydrolysis) is 1. The van der Waals surface area contributed by atoms with Crippen LogP contribution in [0.2, 0.25) is 5.02 Å². The van der Waals surface area contributed by atoms with Crippen molar-refractivity contribution in [2.45, 2.75) is 45.0 Å². The number of nitro benzene ring substituents is 1. The summed E-state index contributed by atoms with van der Waals surface area (Å²) in [5, 5.41) is 13.0. The molecule has 0 radical (unpaired) electrons. The number of halogens is 4. The van der Waals surface area contributed by atoms with Gasteiger partial charge in [0.05, 0.1) is 4.92 Å². The third-order valence-corrected chi connectivity index (χ3v) is 3.34. The van der Waals surface area contributed by atoms with Crippen molar-refractivity contribution in [3.8, 4) is 0 Å². The Hall–Kier alpha value is -2.56. The van der Waals surface area contributed by atoms with Crippen LogP contribution in [0.15, 0.2) is 18.2 Å². The molecule has 0 saturated heterocycles. The highest BCUT2D eigenvalue weighted by atomic mass is 35.5. The number of rotatable bonds is 6. The van der Waals surface area contributed by atoms with Crippen LogP contribution in [0.3, 0.4) is 0 Å². The van der Waals surface area contributed by atoms with Crippen LogP contribution < -0.4 is 5.32 Å². The first-order chi connectivity index (χ1) is 12.7. The monoisotopic (exact) mass is 426 g/mol. The Labute approximate surface area is 163 Å². The van der Waals surface area contributed by atoms with Crippen LogP contribution >= 0.6 is 11.6 Å². The fraction of sp³-hybridized carbons (Fsp3) is 0.500. The number of nitro groups is 1. The number of para-hydroxylation sites is 1. The highest BCUT2D eigenvalue weighted by molar-refractivity contribution is 6.32. The van der Waals surface area contributed by atoms with Gasteiger partial charge in [-0.05, 0) is 26.8 Å². The molecule has 8 nitrogen and oxygen atoms in total. The van der Waals surface area contributed by atoms with Crippen LogP contribution in [0.1, 0.15) is 26.3 Å². The SMILES string of the molecule is CC(C)(C)OC(=O)N[C@@H](Cc1cccc(Cl)c1[N+](=O)[O-])C(=O)OCC(F)(F)F. The van der Waals surface area contributed by atoms with E-state index in [1.807, 2.05) is 0 Å². The van der Waals surface area contributed by atoms with E-state index in [-0.39, 0.29) is 10.6 Å². The molecule has 1 rings (SSSR count). The summed E-state index contributed by atoms with van der Waals surface area (Å²) in [5.74, 6) is -1.43. The van der Waals surface area contributed by atoms with Crippen molar-refractivity contribution in [1.82, 2.24) is 5.32 Å². The number of esters is 1. The van der Waals surface area contributed by atoms with Gasteiger partial charge in [-0.1, -0.05) is 23.7 Å². The highest BCUT2D eigenvalue weighted by Crippen LogP contribution is 2.29. The molecule has 1 aromatic rings. The van der Waals surface area contributed by atoms with Crippen LogP contribution in [-0.4, -0.2) is 41.4 Å². The van der Waals surface area contributed by atoms with Crippen molar-refractivity contribution >= 4 is 29.4 Å². The van der Waals surface area contributed by atoms with Crippen molar-refractivity contribution in [1.29, 1.82) is 0 Å². The predicted molar refractivity (Wildman–Crippen MR) is 92.0 cm³/mol. The second-order valence-corrected chi connectivity index (χ2v) is 7.04. The molecule has 0 saturated carbocycles. The fourth-order valence-electron chi connectivity index (χ4n) is 2.05. The maximum absolute atomic E-state index is 12.3. The van der Waals surface area contributed by atoms with Crippen molar-refractivity contribution in [3.05, 3.63) is 38.9 Å². The number of nitrogens with zero attached hydrogens (tertiary/aromatic N) is 1. The molecule has 0 fully saturated rings. The molecular weight excluding hydrogens is 409 g/mol. The summed E-state index contributed by atoms with van der Waals surface area (Å²) in [6.45, 7) is 2.72. The molecule has 0 heterocycles. The van der Waals surface area contributed by atoms with E-state index < -0.39 is 53.5 Å². The Morgan fingerprint density at radius 3 is 2.39 bits per heavy atom. The molecule has 1 amide bonds. The van der Waals surface area contributed by atoms with Gasteiger partial charge in [-0.25, -0.2) is 9.59 Å². The maximum Gasteiger partial charge on any atom is 0.422 e. The minimum atomic E-state index is -4.78. The van der Waals surface area contributed by atoms with Crippen LogP contribution in [0.25, 0.3) is 0 Å². The molecule has 1 atom stereocenters. The Kier molecular flexibility index (Phi) is 7.62. The van der Waals surface area contributed by atoms with Crippen LogP contribution in [0, 0.1) is 10.1 Å². The molecule has 0 spiro atoms. The van der Waals surface area contributed by atoms with Crippen molar-refractivity contribution in [2.24, 2.45) is 0 Å². The lowest BCUT2D eigenvalue weighted by Gasteiger charge is -2.23. The summed E-state index contributed by atoms with van der Waals surface area (Å²) >= 11 is 5.78. The van der Waals surface area contributed by atoms with Gasteiger partial charge in [-0.15, -0.1) is 0 Å². The van der Waals surface area contributed by atoms with E-state index in [9.17, 15) is 32.9 Å². The first-order valence-corrected chi connectivity index (χ1v) is 8.22. The Morgan fingerprint density at radius 1 is 1.29 bits per heavy atom. The van der Waals surface area contributed by atoms with E-state index in [0.29, 0.717) is 0 Å². The molecule has 12 heteroatoms. The fourth-order valence-corrected chi connectivity index (χ4v) is 2.31. The number of carbonyl (C=O) groups excluding carboxylic acids is 2. The second-order valence-electron chi connectivity index (χ2n) is 6.63. The minimum absolute atomic E-state index is 0.0810. The number of benzene rings is 1. The smallest absolute Gasteiger partial charge is 0.422 e. The zero-order valence-electron chi connectivity index (χ0n) is 15.1. The Balaban J connectivity index is 3.10. The summed E-state index contributed by atoms with van der Waals surface area (Å²) < 4.78 is 46.1. The molecule has 28 heavy (non-hydrogen) atoms. The zero-order chi connectivity index (χ0) is 21.7. The van der Waals surface area contributed by atoms with E-state index in [0.717, 1.165) is 0 Å². The van der Waals surface area contributed by atoms with E-state index in [1.54, 1.807) is 0 Å². The van der Waals surface area contributed by atoms with Gasteiger partial charge in [0.2, 0.25) is 0 Å². The van der Waals surface area contributed by atoms with Crippen LogP contribution in [0.5, 0.6) is 0 Å². The first kappa shape index (κ1) is 23.5. The molecule has 0 aliphatic carbocycles. The largest absolute Gasteiger partial charge is 0.454 e. The summed E-state index contributed by atoms with van der Waals surface area (Å²) in [6.07, 6.45) is -6.42. The number of amides is 1. The summed E-state index contributed by atoms with van der Waals surface area (Å²) in [4.78, 5) is 34.4. The summed E-state index contributed by atoms with van der Waals surface area (Å²) in [6, 6.07) is 2.18. The lowest BCUT2D eigenvalue weighted by Crippen LogP contribution is -2.46. The summed E-state index contributed by atoms with van der Waals surface area (Å²) in [5.41, 5.74) is -1.57. The quantitative estimate of drug-likeness (QED) is 0.421. The number of hydrogen-bond donors (Lipinski definition) is 1. The van der Waals surface area contributed by atoms with Gasteiger partial charge < -0.3 is 14.8 Å². The topological polar surface area (TPSA) is 108 Å². The van der Waals surface area contributed by atoms with Gasteiger partial charge in [0.1, 0.15) is 16.7 Å². The molecule has 0 unspecified atom stereocenters. The maximum atomic E-state index is 12.3. The van der Waals surface area contributed by atoms with Gasteiger partial charge in [-0.3, -0.25) is 10.1 Å². The summed E-state index contributed by atoms with van der Waals surface area (Å²) in [7, 11) is 0. The van der Waals surface area contributed by atoms with Gasteiger partial charge >= 0.3 is 18.2 Å². The average Bonchev–Trinajstić information content (AvgIpc) is 2.49. The van der Waals surface area contributed by atoms with Crippen molar-refractivity contribution in [2.75, 3.05) is 6.61 Å². The van der Waals surface area contributed by atoms with E-state index >= 15 is 0 Å². The van der Waals surface area contributed by atoms with E-state index in [4.69, 9.17) is 16.3 Å². The van der Waals surface area contributed by atoms with Gasteiger partial charge in [0.15, 0.2) is 6.61 Å². The minimum Gasteiger partial charge on any atom is -0.454 e. The lowest BCUT2D eigenvalue weighted by molar-refractivity contribution is -0.385. The number of nitrogens with one attached hydrogen (secondary N) is 1. The Bertz CT molecular complexity index is 749. The standard InChI is InChI=1S/C16H18ClF3N2O6/c1-15(2,3)28-14(24)21-11(13(23)27-8-16(18,19)20)7-9-5-4-6-10(17)12(9)22(25)26/h4-6,11H,7-8H2,1-3H3,(H,21,24)/t11-/m0/s1. The molecular formula is C16H18ClF3N2O6. The van der Waals surface area contributed by atoms with Crippen molar-refractivity contribution < 1.29 is 37.2 Å². The molecule has 0 aromatic heterocycles. The van der Waals surface area contributed by atoms with E-state index in [1.165, 1.54) is 39.0 Å². The van der Waals surface area contributed by atoms with Gasteiger partial charge in [-0.2, -0.15) is 13.2 Å². The number of hydrogen-bond acceptors (Lipinski definition) is 6. The zero-order valence-corrected chi connectivity index (χ0v) is 15.9.